The molecule has 3 heteroatoms. The van der Waals surface area contributed by atoms with Gasteiger partial charge >= 0.3 is 0 Å². The highest BCUT2D eigenvalue weighted by Gasteiger charge is 1.89. The first kappa shape index (κ1) is 7.27. The van der Waals surface area contributed by atoms with E-state index in [0.29, 0.717) is 0 Å². The number of rotatable bonds is 1. The molecule has 0 aromatic rings. The summed E-state index contributed by atoms with van der Waals surface area (Å²) in [6.07, 6.45) is 0. The molecular formula is C5H12N2O. The molecule has 0 aromatic carbocycles. The molecule has 0 amide bonds. The molecule has 0 fully saturated rings. The van der Waals surface area contributed by atoms with Gasteiger partial charge in [0.15, 0.2) is 0 Å². The maximum Gasteiger partial charge on any atom is 0.140 e. The van der Waals surface area contributed by atoms with Crippen LogP contribution in [0.2, 0.25) is 0 Å². The van der Waals surface area contributed by atoms with Gasteiger partial charge in [0.05, 0.1) is 0 Å². The van der Waals surface area contributed by atoms with Crippen molar-refractivity contribution in [2.24, 2.45) is 5.16 Å². The summed E-state index contributed by atoms with van der Waals surface area (Å²) in [4.78, 5) is 6.39. The number of hydrogen-bond acceptors (Lipinski definition) is 2. The number of amidine groups is 1. The fourth-order valence-electron chi connectivity index (χ4n) is 0.214. The predicted octanol–water partition coefficient (Wildman–Crippen LogP) is 0.528. The lowest BCUT2D eigenvalue weighted by atomic mass is 10.6. The molecule has 0 atom stereocenters. The summed E-state index contributed by atoms with van der Waals surface area (Å²) in [5.74, 6) is 0.868. The molecule has 0 aromatic heterocycles. The molecule has 3 nitrogen and oxygen atoms in total. The largest absolute Gasteiger partial charge is 0.398 e. The van der Waals surface area contributed by atoms with Crippen molar-refractivity contribution in [1.29, 1.82) is 0 Å². The van der Waals surface area contributed by atoms with E-state index in [1.165, 1.54) is 7.11 Å². The summed E-state index contributed by atoms with van der Waals surface area (Å²) < 4.78 is 0. The molecule has 0 aliphatic carbocycles. The normalized spacial score (nSPS) is 11.2. The molecule has 0 radical (unpaired) electrons. The molecule has 0 bridgehead atoms. The van der Waals surface area contributed by atoms with Gasteiger partial charge in [-0.3, -0.25) is 0 Å². The average Bonchev–Trinajstić information content (AvgIpc) is 1.67. The zero-order valence-corrected chi connectivity index (χ0v) is 5.80. The quantitative estimate of drug-likeness (QED) is 0.283. The Morgan fingerprint density at radius 3 is 2.12 bits per heavy atom. The first-order chi connectivity index (χ1) is 3.68. The van der Waals surface area contributed by atoms with E-state index >= 15 is 0 Å². The molecule has 0 saturated heterocycles. The van der Waals surface area contributed by atoms with Gasteiger partial charge in [-0.1, -0.05) is 5.16 Å². The van der Waals surface area contributed by atoms with E-state index < -0.39 is 0 Å². The summed E-state index contributed by atoms with van der Waals surface area (Å²) in [6.45, 7) is 1.88. The van der Waals surface area contributed by atoms with Crippen LogP contribution in [0.1, 0.15) is 6.92 Å². The van der Waals surface area contributed by atoms with Crippen LogP contribution in [0.4, 0.5) is 0 Å². The van der Waals surface area contributed by atoms with E-state index in [4.69, 9.17) is 0 Å². The number of oxime groups is 1. The van der Waals surface area contributed by atoms with Crippen molar-refractivity contribution in [2.75, 3.05) is 21.2 Å². The van der Waals surface area contributed by atoms with Crippen molar-refractivity contribution < 1.29 is 4.84 Å². The van der Waals surface area contributed by atoms with E-state index in [1.54, 1.807) is 0 Å². The molecule has 0 unspecified atom stereocenters. The first-order valence-electron chi connectivity index (χ1n) is 2.43. The second-order valence-corrected chi connectivity index (χ2v) is 1.72. The van der Waals surface area contributed by atoms with Gasteiger partial charge in [-0.2, -0.15) is 0 Å². The smallest absolute Gasteiger partial charge is 0.140 e. The SMILES string of the molecule is CO/N=C(/C)N(C)C. The van der Waals surface area contributed by atoms with Gasteiger partial charge in [-0.25, -0.2) is 0 Å². The van der Waals surface area contributed by atoms with Crippen LogP contribution in [0.25, 0.3) is 0 Å². The number of hydrogen-bond donors (Lipinski definition) is 0. The van der Waals surface area contributed by atoms with E-state index in [-0.39, 0.29) is 0 Å². The van der Waals surface area contributed by atoms with Gasteiger partial charge < -0.3 is 9.74 Å². The molecule has 0 saturated carbocycles. The van der Waals surface area contributed by atoms with Crippen molar-refractivity contribution in [3.8, 4) is 0 Å². The van der Waals surface area contributed by atoms with E-state index in [9.17, 15) is 0 Å². The lowest BCUT2D eigenvalue weighted by Gasteiger charge is -2.08. The second-order valence-electron chi connectivity index (χ2n) is 1.72. The fourth-order valence-corrected chi connectivity index (χ4v) is 0.214. The zero-order valence-electron chi connectivity index (χ0n) is 5.80. The Morgan fingerprint density at radius 1 is 1.50 bits per heavy atom. The third kappa shape index (κ3) is 2.44. The average molecular weight is 116 g/mol. The standard InChI is InChI=1S/C5H12N2O/c1-5(6-8-4)7(2)3/h1-4H3/b6-5-. The highest BCUT2D eigenvalue weighted by atomic mass is 16.6. The zero-order chi connectivity index (χ0) is 6.57. The van der Waals surface area contributed by atoms with Crippen LogP contribution in [-0.4, -0.2) is 31.9 Å². The highest BCUT2D eigenvalue weighted by Crippen LogP contribution is 1.80. The van der Waals surface area contributed by atoms with Crippen molar-refractivity contribution in [1.82, 2.24) is 4.90 Å². The van der Waals surface area contributed by atoms with Crippen molar-refractivity contribution >= 4 is 5.84 Å². The molecule has 0 rings (SSSR count). The Labute approximate surface area is 49.9 Å². The van der Waals surface area contributed by atoms with Crippen molar-refractivity contribution in [2.45, 2.75) is 6.92 Å². The van der Waals surface area contributed by atoms with Gasteiger partial charge in [-0.15, -0.1) is 0 Å². The number of nitrogens with zero attached hydrogens (tertiary/aromatic N) is 2. The molecule has 0 aliphatic heterocycles. The topological polar surface area (TPSA) is 24.8 Å². The minimum absolute atomic E-state index is 0.868. The monoisotopic (exact) mass is 116 g/mol. The molecular weight excluding hydrogens is 104 g/mol. The lowest BCUT2D eigenvalue weighted by molar-refractivity contribution is 0.208. The van der Waals surface area contributed by atoms with Crippen LogP contribution in [0.15, 0.2) is 5.16 Å². The Hall–Kier alpha value is -0.730. The Balaban J connectivity index is 3.61. The summed E-state index contributed by atoms with van der Waals surface area (Å²) in [6, 6.07) is 0. The molecule has 48 valence electrons. The van der Waals surface area contributed by atoms with Gasteiger partial charge in [-0.05, 0) is 6.92 Å². The van der Waals surface area contributed by atoms with Gasteiger partial charge in [0, 0.05) is 14.1 Å². The first-order valence-corrected chi connectivity index (χ1v) is 2.43. The summed E-state index contributed by atoms with van der Waals surface area (Å²) in [7, 11) is 5.36. The molecule has 8 heavy (non-hydrogen) atoms. The van der Waals surface area contributed by atoms with Crippen molar-refractivity contribution in [3.05, 3.63) is 0 Å². The van der Waals surface area contributed by atoms with E-state index in [0.717, 1.165) is 5.84 Å². The van der Waals surface area contributed by atoms with Crippen LogP contribution < -0.4 is 0 Å². The highest BCUT2D eigenvalue weighted by molar-refractivity contribution is 5.78. The fraction of sp³-hybridized carbons (Fsp3) is 0.800. The molecule has 0 N–H and O–H groups in total. The predicted molar refractivity (Wildman–Crippen MR) is 33.8 cm³/mol. The van der Waals surface area contributed by atoms with Crippen molar-refractivity contribution in [3.63, 3.8) is 0 Å². The molecule has 0 aliphatic rings. The van der Waals surface area contributed by atoms with Crippen LogP contribution >= 0.6 is 0 Å². The Kier molecular flexibility index (Phi) is 2.99. The van der Waals surface area contributed by atoms with Crippen LogP contribution in [-0.2, 0) is 4.84 Å². The van der Waals surface area contributed by atoms with E-state index in [1.807, 2.05) is 25.9 Å². The minimum Gasteiger partial charge on any atom is -0.398 e. The third-order valence-corrected chi connectivity index (χ3v) is 0.871. The minimum atomic E-state index is 0.868. The Bertz CT molecular complexity index is 88.4. The van der Waals surface area contributed by atoms with Crippen LogP contribution in [0.3, 0.4) is 0 Å². The second kappa shape index (κ2) is 3.29. The summed E-state index contributed by atoms with van der Waals surface area (Å²) in [5, 5.41) is 3.67. The van der Waals surface area contributed by atoms with Gasteiger partial charge in [0.25, 0.3) is 0 Å². The van der Waals surface area contributed by atoms with Gasteiger partial charge in [0.2, 0.25) is 0 Å². The van der Waals surface area contributed by atoms with Crippen LogP contribution in [0.5, 0.6) is 0 Å². The van der Waals surface area contributed by atoms with Gasteiger partial charge in [0.1, 0.15) is 12.9 Å². The summed E-state index contributed by atoms with van der Waals surface area (Å²) in [5.41, 5.74) is 0. The van der Waals surface area contributed by atoms with Crippen LogP contribution in [0, 0.1) is 0 Å². The maximum absolute atomic E-state index is 4.51. The van der Waals surface area contributed by atoms with E-state index in [2.05, 4.69) is 9.99 Å². The molecule has 0 spiro atoms. The Morgan fingerprint density at radius 2 is 2.00 bits per heavy atom. The lowest BCUT2D eigenvalue weighted by Crippen LogP contribution is -2.18. The molecule has 0 heterocycles. The summed E-state index contributed by atoms with van der Waals surface area (Å²) >= 11 is 0. The third-order valence-electron chi connectivity index (χ3n) is 0.871. The maximum atomic E-state index is 4.51.